The van der Waals surface area contributed by atoms with Crippen molar-refractivity contribution in [3.63, 3.8) is 0 Å². The second kappa shape index (κ2) is 5.24. The van der Waals surface area contributed by atoms with Crippen LogP contribution < -0.4 is 10.6 Å². The zero-order chi connectivity index (χ0) is 13.1. The fourth-order valence-corrected chi connectivity index (χ4v) is 2.18. The number of aromatic nitrogens is 2. The molecule has 2 aromatic heterocycles. The Morgan fingerprint density at radius 3 is 3.26 bits per heavy atom. The van der Waals surface area contributed by atoms with E-state index in [1.165, 1.54) is 0 Å². The van der Waals surface area contributed by atoms with Gasteiger partial charge in [-0.2, -0.15) is 0 Å². The standard InChI is InChI=1S/C14H16N4O/c19-14(12-4-3-7-15-12)16-8-6-11-10-18-9-2-1-5-13(18)17-11/h1-5,9-10,12,15H,6-8H2,(H,16,19)/t12-/m0/s1. The highest BCUT2D eigenvalue weighted by Crippen LogP contribution is 2.04. The minimum atomic E-state index is -0.180. The van der Waals surface area contributed by atoms with Crippen LogP contribution in [-0.4, -0.2) is 34.4 Å². The van der Waals surface area contributed by atoms with Crippen LogP contribution >= 0.6 is 0 Å². The van der Waals surface area contributed by atoms with Crippen LogP contribution in [0, 0.1) is 0 Å². The molecule has 1 atom stereocenters. The molecule has 3 rings (SSSR count). The number of rotatable bonds is 4. The topological polar surface area (TPSA) is 58.4 Å². The molecule has 1 amide bonds. The van der Waals surface area contributed by atoms with Gasteiger partial charge in [-0.1, -0.05) is 18.2 Å². The van der Waals surface area contributed by atoms with Crippen LogP contribution in [0.1, 0.15) is 5.69 Å². The fourth-order valence-electron chi connectivity index (χ4n) is 2.18. The van der Waals surface area contributed by atoms with Gasteiger partial charge >= 0.3 is 0 Å². The van der Waals surface area contributed by atoms with Gasteiger partial charge < -0.3 is 9.72 Å². The maximum atomic E-state index is 11.8. The molecular weight excluding hydrogens is 240 g/mol. The molecule has 0 saturated heterocycles. The zero-order valence-corrected chi connectivity index (χ0v) is 10.5. The highest BCUT2D eigenvalue weighted by Gasteiger charge is 2.16. The molecule has 2 aromatic rings. The SMILES string of the molecule is O=C(NCCc1cn2ccccc2n1)[C@@H]1C=CCN1. The van der Waals surface area contributed by atoms with Crippen LogP contribution in [0.4, 0.5) is 0 Å². The second-order valence-electron chi connectivity index (χ2n) is 4.55. The van der Waals surface area contributed by atoms with E-state index in [2.05, 4.69) is 15.6 Å². The van der Waals surface area contributed by atoms with Crippen LogP contribution in [0.25, 0.3) is 5.65 Å². The Morgan fingerprint density at radius 2 is 2.47 bits per heavy atom. The second-order valence-corrected chi connectivity index (χ2v) is 4.55. The number of fused-ring (bicyclic) bond motifs is 1. The van der Waals surface area contributed by atoms with Crippen LogP contribution in [0.5, 0.6) is 0 Å². The summed E-state index contributed by atoms with van der Waals surface area (Å²) in [6, 6.07) is 5.72. The van der Waals surface area contributed by atoms with Crippen LogP contribution in [0.15, 0.2) is 42.7 Å². The number of carbonyl (C=O) groups excluding carboxylic acids is 1. The van der Waals surface area contributed by atoms with Crippen molar-refractivity contribution in [3.05, 3.63) is 48.4 Å². The maximum Gasteiger partial charge on any atom is 0.241 e. The van der Waals surface area contributed by atoms with Crippen molar-refractivity contribution in [2.45, 2.75) is 12.5 Å². The van der Waals surface area contributed by atoms with Gasteiger partial charge in [0.25, 0.3) is 0 Å². The van der Waals surface area contributed by atoms with Gasteiger partial charge in [0.2, 0.25) is 5.91 Å². The van der Waals surface area contributed by atoms with E-state index in [4.69, 9.17) is 0 Å². The first kappa shape index (κ1) is 11.9. The van der Waals surface area contributed by atoms with Gasteiger partial charge in [-0.15, -0.1) is 0 Å². The van der Waals surface area contributed by atoms with E-state index in [9.17, 15) is 4.79 Å². The molecule has 0 fully saturated rings. The molecule has 1 aliphatic heterocycles. The van der Waals surface area contributed by atoms with Gasteiger partial charge in [-0.3, -0.25) is 10.1 Å². The van der Waals surface area contributed by atoms with Gasteiger partial charge in [-0.05, 0) is 12.1 Å². The van der Waals surface area contributed by atoms with Crippen LogP contribution in [0.3, 0.4) is 0 Å². The van der Waals surface area contributed by atoms with Crippen LogP contribution in [0.2, 0.25) is 0 Å². The average molecular weight is 256 g/mol. The largest absolute Gasteiger partial charge is 0.354 e. The predicted octanol–water partition coefficient (Wildman–Crippen LogP) is 0.521. The first-order chi connectivity index (χ1) is 9.33. The molecule has 0 unspecified atom stereocenters. The number of hydrogen-bond acceptors (Lipinski definition) is 3. The van der Waals surface area contributed by atoms with Crippen molar-refractivity contribution >= 4 is 11.6 Å². The third-order valence-electron chi connectivity index (χ3n) is 3.16. The Balaban J connectivity index is 1.54. The van der Waals surface area contributed by atoms with E-state index < -0.39 is 0 Å². The molecule has 19 heavy (non-hydrogen) atoms. The molecule has 3 heterocycles. The fraction of sp³-hybridized carbons (Fsp3) is 0.286. The van der Waals surface area contributed by atoms with Crippen molar-refractivity contribution in [1.29, 1.82) is 0 Å². The Bertz CT molecular complexity index is 584. The number of hydrogen-bond donors (Lipinski definition) is 2. The average Bonchev–Trinajstić information content (AvgIpc) is 3.07. The van der Waals surface area contributed by atoms with E-state index in [0.717, 1.165) is 24.3 Å². The summed E-state index contributed by atoms with van der Waals surface area (Å²) in [4.78, 5) is 16.2. The lowest BCUT2D eigenvalue weighted by Gasteiger charge is -2.09. The summed E-state index contributed by atoms with van der Waals surface area (Å²) < 4.78 is 1.98. The van der Waals surface area contributed by atoms with E-state index in [-0.39, 0.29) is 11.9 Å². The highest BCUT2D eigenvalue weighted by molar-refractivity contribution is 5.84. The lowest BCUT2D eigenvalue weighted by Crippen LogP contribution is -2.41. The van der Waals surface area contributed by atoms with Crippen molar-refractivity contribution in [1.82, 2.24) is 20.0 Å². The minimum Gasteiger partial charge on any atom is -0.354 e. The molecule has 0 spiro atoms. The molecule has 5 heteroatoms. The Kier molecular flexibility index (Phi) is 3.29. The number of nitrogens with one attached hydrogen (secondary N) is 2. The van der Waals surface area contributed by atoms with Crippen molar-refractivity contribution in [3.8, 4) is 0 Å². The van der Waals surface area contributed by atoms with Crippen LogP contribution in [-0.2, 0) is 11.2 Å². The lowest BCUT2D eigenvalue weighted by atomic mass is 10.3. The van der Waals surface area contributed by atoms with E-state index in [1.807, 2.05) is 47.1 Å². The molecule has 98 valence electrons. The molecule has 1 aliphatic rings. The van der Waals surface area contributed by atoms with Gasteiger partial charge in [0.1, 0.15) is 11.7 Å². The minimum absolute atomic E-state index is 0.0255. The molecule has 0 aromatic carbocycles. The summed E-state index contributed by atoms with van der Waals surface area (Å²) >= 11 is 0. The molecule has 5 nitrogen and oxygen atoms in total. The van der Waals surface area contributed by atoms with Crippen molar-refractivity contribution < 1.29 is 4.79 Å². The van der Waals surface area contributed by atoms with Gasteiger partial charge in [-0.25, -0.2) is 4.98 Å². The first-order valence-corrected chi connectivity index (χ1v) is 6.43. The molecule has 2 N–H and O–H groups in total. The predicted molar refractivity (Wildman–Crippen MR) is 72.8 cm³/mol. The molecular formula is C14H16N4O. The number of nitrogens with zero attached hydrogens (tertiary/aromatic N) is 2. The van der Waals surface area contributed by atoms with E-state index in [0.29, 0.717) is 6.54 Å². The summed E-state index contributed by atoms with van der Waals surface area (Å²) in [5, 5.41) is 6.00. The summed E-state index contributed by atoms with van der Waals surface area (Å²) in [6.45, 7) is 1.37. The summed E-state index contributed by atoms with van der Waals surface area (Å²) in [7, 11) is 0. The smallest absolute Gasteiger partial charge is 0.241 e. The third-order valence-corrected chi connectivity index (χ3v) is 3.16. The molecule has 0 saturated carbocycles. The van der Waals surface area contributed by atoms with Gasteiger partial charge in [0.05, 0.1) is 5.69 Å². The number of carbonyl (C=O) groups is 1. The number of pyridine rings is 1. The Labute approximate surface area is 111 Å². The van der Waals surface area contributed by atoms with Gasteiger partial charge in [0, 0.05) is 31.9 Å². The number of amides is 1. The Hall–Kier alpha value is -2.14. The highest BCUT2D eigenvalue weighted by atomic mass is 16.2. The Morgan fingerprint density at radius 1 is 1.53 bits per heavy atom. The van der Waals surface area contributed by atoms with Crippen molar-refractivity contribution in [2.24, 2.45) is 0 Å². The van der Waals surface area contributed by atoms with E-state index in [1.54, 1.807) is 0 Å². The van der Waals surface area contributed by atoms with Crippen molar-refractivity contribution in [2.75, 3.05) is 13.1 Å². The summed E-state index contributed by atoms with van der Waals surface area (Å²) in [5.41, 5.74) is 1.92. The van der Waals surface area contributed by atoms with E-state index >= 15 is 0 Å². The lowest BCUT2D eigenvalue weighted by molar-refractivity contribution is -0.121. The summed E-state index contributed by atoms with van der Waals surface area (Å²) in [6.07, 6.45) is 8.56. The third kappa shape index (κ3) is 2.66. The normalized spacial score (nSPS) is 18.0. The zero-order valence-electron chi connectivity index (χ0n) is 10.5. The van der Waals surface area contributed by atoms with Gasteiger partial charge in [0.15, 0.2) is 0 Å². The molecule has 0 radical (unpaired) electrons. The molecule has 0 bridgehead atoms. The summed E-state index contributed by atoms with van der Waals surface area (Å²) in [5.74, 6) is 0.0255. The first-order valence-electron chi connectivity index (χ1n) is 6.43. The maximum absolute atomic E-state index is 11.8. The number of imidazole rings is 1. The molecule has 0 aliphatic carbocycles. The quantitative estimate of drug-likeness (QED) is 0.784. The monoisotopic (exact) mass is 256 g/mol.